The molecule has 6 nitrogen and oxygen atoms in total. The van der Waals surface area contributed by atoms with Gasteiger partial charge in [0.25, 0.3) is 5.89 Å². The van der Waals surface area contributed by atoms with Gasteiger partial charge in [-0.2, -0.15) is 0 Å². The zero-order valence-electron chi connectivity index (χ0n) is 10.0. The fourth-order valence-corrected chi connectivity index (χ4v) is 1.40. The van der Waals surface area contributed by atoms with Crippen LogP contribution in [0.15, 0.2) is 22.6 Å². The fraction of sp³-hybridized carbons (Fsp3) is 0.250. The minimum atomic E-state index is -1.25. The fourth-order valence-electron chi connectivity index (χ4n) is 1.40. The van der Waals surface area contributed by atoms with Crippen LogP contribution in [0.3, 0.4) is 0 Å². The van der Waals surface area contributed by atoms with E-state index >= 15 is 0 Å². The van der Waals surface area contributed by atoms with E-state index < -0.39 is 11.9 Å². The van der Waals surface area contributed by atoms with E-state index in [1.54, 1.807) is 0 Å². The Bertz CT molecular complexity index is 577. The molecule has 0 bridgehead atoms. The van der Waals surface area contributed by atoms with Gasteiger partial charge in [0.15, 0.2) is 6.61 Å². The van der Waals surface area contributed by atoms with Crippen molar-refractivity contribution < 1.29 is 19.1 Å². The van der Waals surface area contributed by atoms with Crippen molar-refractivity contribution in [1.29, 1.82) is 0 Å². The number of nitrogens with zero attached hydrogens (tertiary/aromatic N) is 2. The average Bonchev–Trinajstić information content (AvgIpc) is 2.79. The van der Waals surface area contributed by atoms with E-state index in [-0.39, 0.29) is 12.5 Å². The molecule has 1 aromatic heterocycles. The molecule has 0 fully saturated rings. The highest BCUT2D eigenvalue weighted by Crippen LogP contribution is 2.20. The van der Waals surface area contributed by atoms with Gasteiger partial charge in [-0.15, -0.1) is 10.2 Å². The third-order valence-corrected chi connectivity index (χ3v) is 2.34. The first-order chi connectivity index (χ1) is 8.56. The second-order valence-corrected chi connectivity index (χ2v) is 3.86. The highest BCUT2D eigenvalue weighted by atomic mass is 16.5. The highest BCUT2D eigenvalue weighted by molar-refractivity contribution is 5.81. The molecule has 1 N–H and O–H groups in total. The molecule has 0 radical (unpaired) electrons. The van der Waals surface area contributed by atoms with Gasteiger partial charge in [0, 0.05) is 0 Å². The summed E-state index contributed by atoms with van der Waals surface area (Å²) in [4.78, 5) is 10.6. The molecule has 0 amide bonds. The quantitative estimate of drug-likeness (QED) is 0.890. The summed E-state index contributed by atoms with van der Waals surface area (Å²) in [6.07, 6.45) is 0. The first kappa shape index (κ1) is 12.1. The number of aryl methyl sites for hydroxylation is 2. The Balaban J connectivity index is 2.06. The van der Waals surface area contributed by atoms with Crippen LogP contribution in [0.4, 0.5) is 0 Å². The van der Waals surface area contributed by atoms with Crippen LogP contribution in [0.2, 0.25) is 0 Å². The maximum Gasteiger partial charge on any atom is 0.393 e. The topological polar surface area (TPSA) is 85.5 Å². The molecule has 1 heterocycles. The van der Waals surface area contributed by atoms with Crippen LogP contribution in [0.5, 0.6) is 5.75 Å². The molecule has 94 valence electrons. The molecule has 0 saturated carbocycles. The summed E-state index contributed by atoms with van der Waals surface area (Å²) in [7, 11) is 0. The summed E-state index contributed by atoms with van der Waals surface area (Å²) in [6.45, 7) is 3.93. The van der Waals surface area contributed by atoms with Gasteiger partial charge in [-0.25, -0.2) is 4.79 Å². The van der Waals surface area contributed by atoms with Crippen LogP contribution in [-0.2, 0) is 6.61 Å². The van der Waals surface area contributed by atoms with Gasteiger partial charge in [-0.1, -0.05) is 12.1 Å². The van der Waals surface area contributed by atoms with Gasteiger partial charge < -0.3 is 14.3 Å². The molecular weight excluding hydrogens is 236 g/mol. The molecule has 18 heavy (non-hydrogen) atoms. The number of ether oxygens (including phenoxy) is 1. The Morgan fingerprint density at radius 3 is 2.83 bits per heavy atom. The van der Waals surface area contributed by atoms with Crippen molar-refractivity contribution in [3.63, 3.8) is 0 Å². The molecule has 0 aliphatic heterocycles. The number of rotatable bonds is 4. The summed E-state index contributed by atoms with van der Waals surface area (Å²) in [6, 6.07) is 5.82. The maximum absolute atomic E-state index is 10.6. The molecule has 6 heteroatoms. The van der Waals surface area contributed by atoms with E-state index in [0.717, 1.165) is 11.1 Å². The summed E-state index contributed by atoms with van der Waals surface area (Å²) in [5.74, 6) is -0.839. The number of hydrogen-bond acceptors (Lipinski definition) is 5. The second-order valence-electron chi connectivity index (χ2n) is 3.86. The van der Waals surface area contributed by atoms with Gasteiger partial charge in [-0.3, -0.25) is 0 Å². The summed E-state index contributed by atoms with van der Waals surface area (Å²) >= 11 is 0. The molecule has 0 saturated heterocycles. The maximum atomic E-state index is 10.6. The van der Waals surface area contributed by atoms with Crippen LogP contribution in [0.25, 0.3) is 0 Å². The molecule has 0 atom stereocenters. The first-order valence-corrected chi connectivity index (χ1v) is 5.32. The number of carbonyl (C=O) groups is 1. The van der Waals surface area contributed by atoms with Crippen molar-refractivity contribution in [3.05, 3.63) is 41.1 Å². The van der Waals surface area contributed by atoms with Crippen molar-refractivity contribution in [2.24, 2.45) is 0 Å². The van der Waals surface area contributed by atoms with Crippen LogP contribution < -0.4 is 4.74 Å². The van der Waals surface area contributed by atoms with E-state index in [1.807, 2.05) is 32.0 Å². The monoisotopic (exact) mass is 248 g/mol. The van der Waals surface area contributed by atoms with Crippen molar-refractivity contribution in [2.75, 3.05) is 0 Å². The minimum absolute atomic E-state index is 0.0462. The standard InChI is InChI=1S/C12H12N2O4/c1-7-3-4-8(2)9(5-7)17-6-10-13-14-11(18-10)12(15)16/h3-5H,6H2,1-2H3,(H,15,16). The third kappa shape index (κ3) is 2.65. The number of carboxylic acids is 1. The Kier molecular flexibility index (Phi) is 3.27. The van der Waals surface area contributed by atoms with Crippen molar-refractivity contribution in [1.82, 2.24) is 10.2 Å². The number of aromatic carboxylic acids is 1. The average molecular weight is 248 g/mol. The van der Waals surface area contributed by atoms with Gasteiger partial charge in [0.1, 0.15) is 5.75 Å². The van der Waals surface area contributed by atoms with Crippen molar-refractivity contribution >= 4 is 5.97 Å². The normalized spacial score (nSPS) is 10.3. The highest BCUT2D eigenvalue weighted by Gasteiger charge is 2.13. The molecular formula is C12H12N2O4. The van der Waals surface area contributed by atoms with Gasteiger partial charge in [0.2, 0.25) is 0 Å². The lowest BCUT2D eigenvalue weighted by Crippen LogP contribution is -1.98. The lowest BCUT2D eigenvalue weighted by atomic mass is 10.1. The lowest BCUT2D eigenvalue weighted by molar-refractivity contribution is 0.0649. The number of hydrogen-bond donors (Lipinski definition) is 1. The summed E-state index contributed by atoms with van der Waals surface area (Å²) in [5.41, 5.74) is 2.06. The molecule has 0 aliphatic carbocycles. The summed E-state index contributed by atoms with van der Waals surface area (Å²) < 4.78 is 10.4. The van der Waals surface area contributed by atoms with Crippen molar-refractivity contribution in [3.8, 4) is 5.75 Å². The largest absolute Gasteiger partial charge is 0.484 e. The van der Waals surface area contributed by atoms with E-state index in [4.69, 9.17) is 14.3 Å². The molecule has 2 aromatic rings. The number of benzene rings is 1. The zero-order valence-corrected chi connectivity index (χ0v) is 10.0. The summed E-state index contributed by atoms with van der Waals surface area (Å²) in [5, 5.41) is 15.6. The van der Waals surface area contributed by atoms with Crippen LogP contribution in [0, 0.1) is 13.8 Å². The molecule has 1 aromatic carbocycles. The lowest BCUT2D eigenvalue weighted by Gasteiger charge is -2.07. The number of carboxylic acid groups (broad SMARTS) is 1. The van der Waals surface area contributed by atoms with Gasteiger partial charge >= 0.3 is 11.9 Å². The van der Waals surface area contributed by atoms with E-state index in [9.17, 15) is 4.79 Å². The first-order valence-electron chi connectivity index (χ1n) is 5.32. The van der Waals surface area contributed by atoms with E-state index in [0.29, 0.717) is 5.75 Å². The van der Waals surface area contributed by atoms with Crippen LogP contribution >= 0.6 is 0 Å². The van der Waals surface area contributed by atoms with E-state index in [2.05, 4.69) is 10.2 Å². The third-order valence-electron chi connectivity index (χ3n) is 2.34. The van der Waals surface area contributed by atoms with Crippen molar-refractivity contribution in [2.45, 2.75) is 20.5 Å². The van der Waals surface area contributed by atoms with E-state index in [1.165, 1.54) is 0 Å². The zero-order chi connectivity index (χ0) is 13.1. The SMILES string of the molecule is Cc1ccc(C)c(OCc2nnc(C(=O)O)o2)c1. The second kappa shape index (κ2) is 4.87. The minimum Gasteiger partial charge on any atom is -0.484 e. The molecule has 0 spiro atoms. The van der Waals surface area contributed by atoms with Gasteiger partial charge in [-0.05, 0) is 31.0 Å². The number of aromatic nitrogens is 2. The smallest absolute Gasteiger partial charge is 0.393 e. The van der Waals surface area contributed by atoms with Gasteiger partial charge in [0.05, 0.1) is 0 Å². The molecule has 2 rings (SSSR count). The Labute approximate surface area is 103 Å². The van der Waals surface area contributed by atoms with Crippen LogP contribution in [-0.4, -0.2) is 21.3 Å². The molecule has 0 unspecified atom stereocenters. The molecule has 0 aliphatic rings. The predicted octanol–water partition coefficient (Wildman–Crippen LogP) is 1.96. The Hall–Kier alpha value is -2.37. The van der Waals surface area contributed by atoms with Crippen LogP contribution in [0.1, 0.15) is 27.7 Å². The Morgan fingerprint density at radius 2 is 2.17 bits per heavy atom. The Morgan fingerprint density at radius 1 is 1.39 bits per heavy atom. The predicted molar refractivity (Wildman–Crippen MR) is 61.5 cm³/mol.